The molecule has 1 rings (SSSR count). The van der Waals surface area contributed by atoms with Gasteiger partial charge in [0.2, 0.25) is 0 Å². The second kappa shape index (κ2) is 4.33. The Morgan fingerprint density at radius 2 is 2.21 bits per heavy atom. The molecule has 1 atom stereocenters. The molecule has 76 valence electrons. The van der Waals surface area contributed by atoms with Gasteiger partial charge in [0.1, 0.15) is 0 Å². The van der Waals surface area contributed by atoms with E-state index < -0.39 is 0 Å². The smallest absolute Gasteiger partial charge is 0.0679 e. The number of nitrogens with zero attached hydrogens (tertiary/aromatic N) is 2. The van der Waals surface area contributed by atoms with Crippen molar-refractivity contribution in [2.45, 2.75) is 33.2 Å². The van der Waals surface area contributed by atoms with Crippen molar-refractivity contribution < 1.29 is 0 Å². The van der Waals surface area contributed by atoms with Crippen molar-refractivity contribution >= 4 is 0 Å². The highest BCUT2D eigenvalue weighted by molar-refractivity contribution is 5.29. The summed E-state index contributed by atoms with van der Waals surface area (Å²) in [6.45, 7) is 9.76. The van der Waals surface area contributed by atoms with Crippen LogP contribution in [-0.4, -0.2) is 10.2 Å². The lowest BCUT2D eigenvalue weighted by Gasteiger charge is -2.14. The molecule has 14 heavy (non-hydrogen) atoms. The Kier molecular flexibility index (Phi) is 3.36. The normalized spacial score (nSPS) is 12.6. The quantitative estimate of drug-likeness (QED) is 0.743. The summed E-state index contributed by atoms with van der Waals surface area (Å²) in [5.41, 5.74) is 9.88. The summed E-state index contributed by atoms with van der Waals surface area (Å²) in [4.78, 5) is 0. The van der Waals surface area contributed by atoms with Gasteiger partial charge < -0.3 is 5.73 Å². The van der Waals surface area contributed by atoms with Crippen LogP contribution >= 0.6 is 0 Å². The number of rotatable bonds is 3. The zero-order chi connectivity index (χ0) is 10.7. The lowest BCUT2D eigenvalue weighted by Crippen LogP contribution is -2.15. The van der Waals surface area contributed by atoms with Gasteiger partial charge in [-0.25, -0.2) is 0 Å². The topological polar surface area (TPSA) is 51.8 Å². The van der Waals surface area contributed by atoms with Crippen molar-refractivity contribution in [1.29, 1.82) is 0 Å². The molecule has 0 fully saturated rings. The van der Waals surface area contributed by atoms with Crippen LogP contribution in [0, 0.1) is 6.92 Å². The first-order valence-corrected chi connectivity index (χ1v) is 4.80. The standard InChI is InChI=1S/C11H17N3/c1-5-10-9(11(12)7(2)3)6-8(4)13-14-10/h6,11H,2,5,12H2,1,3-4H3. The maximum atomic E-state index is 6.02. The van der Waals surface area contributed by atoms with E-state index in [9.17, 15) is 0 Å². The molecular formula is C11H17N3. The van der Waals surface area contributed by atoms with Crippen LogP contribution in [0.4, 0.5) is 0 Å². The number of aryl methyl sites for hydroxylation is 2. The predicted octanol–water partition coefficient (Wildman–Crippen LogP) is 1.92. The number of hydrogen-bond donors (Lipinski definition) is 1. The largest absolute Gasteiger partial charge is 0.321 e. The molecule has 0 saturated carbocycles. The van der Waals surface area contributed by atoms with Crippen LogP contribution in [0.3, 0.4) is 0 Å². The molecule has 0 aliphatic rings. The molecule has 0 bridgehead atoms. The third kappa shape index (κ3) is 2.17. The van der Waals surface area contributed by atoms with E-state index in [2.05, 4.69) is 16.8 Å². The number of nitrogens with two attached hydrogens (primary N) is 1. The molecule has 1 heterocycles. The van der Waals surface area contributed by atoms with E-state index in [1.807, 2.05) is 26.8 Å². The van der Waals surface area contributed by atoms with Crippen molar-refractivity contribution in [2.24, 2.45) is 5.73 Å². The molecule has 0 radical (unpaired) electrons. The van der Waals surface area contributed by atoms with Gasteiger partial charge in [-0.3, -0.25) is 0 Å². The molecule has 0 amide bonds. The highest BCUT2D eigenvalue weighted by Gasteiger charge is 2.12. The van der Waals surface area contributed by atoms with Crippen LogP contribution in [-0.2, 0) is 6.42 Å². The molecular weight excluding hydrogens is 174 g/mol. The van der Waals surface area contributed by atoms with E-state index in [0.29, 0.717) is 0 Å². The summed E-state index contributed by atoms with van der Waals surface area (Å²) >= 11 is 0. The zero-order valence-electron chi connectivity index (χ0n) is 9.04. The summed E-state index contributed by atoms with van der Waals surface area (Å²) in [5.74, 6) is 0. The van der Waals surface area contributed by atoms with E-state index in [1.165, 1.54) is 0 Å². The van der Waals surface area contributed by atoms with Gasteiger partial charge in [0, 0.05) is 0 Å². The highest BCUT2D eigenvalue weighted by Crippen LogP contribution is 2.20. The van der Waals surface area contributed by atoms with Crippen molar-refractivity contribution in [1.82, 2.24) is 10.2 Å². The Balaban J connectivity index is 3.16. The van der Waals surface area contributed by atoms with Crippen molar-refractivity contribution in [3.63, 3.8) is 0 Å². The van der Waals surface area contributed by atoms with Crippen LogP contribution in [0.5, 0.6) is 0 Å². The molecule has 0 aromatic carbocycles. The molecule has 0 aliphatic carbocycles. The molecule has 1 aromatic heterocycles. The average molecular weight is 191 g/mol. The molecule has 2 N–H and O–H groups in total. The van der Waals surface area contributed by atoms with Crippen molar-refractivity contribution in [3.05, 3.63) is 35.2 Å². The van der Waals surface area contributed by atoms with Gasteiger partial charge in [-0.2, -0.15) is 10.2 Å². The van der Waals surface area contributed by atoms with Crippen molar-refractivity contribution in [2.75, 3.05) is 0 Å². The van der Waals surface area contributed by atoms with Gasteiger partial charge in [-0.05, 0) is 31.9 Å². The third-order valence-corrected chi connectivity index (χ3v) is 2.23. The molecule has 3 heteroatoms. The van der Waals surface area contributed by atoms with Gasteiger partial charge in [0.25, 0.3) is 0 Å². The monoisotopic (exact) mass is 191 g/mol. The first-order chi connectivity index (χ1) is 6.56. The maximum Gasteiger partial charge on any atom is 0.0679 e. The summed E-state index contributed by atoms with van der Waals surface area (Å²) in [6, 6.07) is 1.87. The second-order valence-electron chi connectivity index (χ2n) is 3.57. The SMILES string of the molecule is C=C(C)C(N)c1cc(C)nnc1CC. The zero-order valence-corrected chi connectivity index (χ0v) is 9.04. The van der Waals surface area contributed by atoms with Gasteiger partial charge in [0.15, 0.2) is 0 Å². The van der Waals surface area contributed by atoms with Gasteiger partial charge in [0.05, 0.1) is 17.4 Å². The average Bonchev–Trinajstić information content (AvgIpc) is 2.16. The summed E-state index contributed by atoms with van der Waals surface area (Å²) in [6.07, 6.45) is 0.851. The van der Waals surface area contributed by atoms with Gasteiger partial charge >= 0.3 is 0 Å². The number of aromatic nitrogens is 2. The van der Waals surface area contributed by atoms with E-state index in [4.69, 9.17) is 5.73 Å². The van der Waals surface area contributed by atoms with E-state index >= 15 is 0 Å². The maximum absolute atomic E-state index is 6.02. The van der Waals surface area contributed by atoms with Gasteiger partial charge in [-0.15, -0.1) is 0 Å². The first kappa shape index (κ1) is 10.9. The first-order valence-electron chi connectivity index (χ1n) is 4.80. The van der Waals surface area contributed by atoms with Crippen LogP contribution in [0.1, 0.15) is 36.8 Å². The van der Waals surface area contributed by atoms with Crippen LogP contribution in [0.25, 0.3) is 0 Å². The van der Waals surface area contributed by atoms with Crippen LogP contribution in [0.2, 0.25) is 0 Å². The van der Waals surface area contributed by atoms with Crippen LogP contribution < -0.4 is 5.73 Å². The Hall–Kier alpha value is -1.22. The van der Waals surface area contributed by atoms with Crippen LogP contribution in [0.15, 0.2) is 18.2 Å². The van der Waals surface area contributed by atoms with Gasteiger partial charge in [-0.1, -0.05) is 19.1 Å². The Bertz CT molecular complexity index is 344. The fourth-order valence-electron chi connectivity index (χ4n) is 1.34. The summed E-state index contributed by atoms with van der Waals surface area (Å²) in [7, 11) is 0. The molecule has 0 spiro atoms. The Morgan fingerprint density at radius 1 is 1.57 bits per heavy atom. The highest BCUT2D eigenvalue weighted by atomic mass is 15.1. The molecule has 1 unspecified atom stereocenters. The lowest BCUT2D eigenvalue weighted by molar-refractivity contribution is 0.779. The fraction of sp³-hybridized carbons (Fsp3) is 0.455. The fourth-order valence-corrected chi connectivity index (χ4v) is 1.34. The lowest BCUT2D eigenvalue weighted by atomic mass is 9.99. The third-order valence-electron chi connectivity index (χ3n) is 2.23. The van der Waals surface area contributed by atoms with E-state index in [1.54, 1.807) is 0 Å². The second-order valence-corrected chi connectivity index (χ2v) is 3.57. The minimum atomic E-state index is -0.126. The summed E-state index contributed by atoms with van der Waals surface area (Å²) in [5, 5.41) is 8.15. The van der Waals surface area contributed by atoms with Crippen molar-refractivity contribution in [3.8, 4) is 0 Å². The Labute approximate surface area is 85.0 Å². The Morgan fingerprint density at radius 3 is 2.71 bits per heavy atom. The molecule has 3 nitrogen and oxygen atoms in total. The predicted molar refractivity (Wildman–Crippen MR) is 57.9 cm³/mol. The molecule has 0 saturated heterocycles. The van der Waals surface area contributed by atoms with E-state index in [-0.39, 0.29) is 6.04 Å². The minimum absolute atomic E-state index is 0.126. The molecule has 0 aliphatic heterocycles. The number of hydrogen-bond acceptors (Lipinski definition) is 3. The minimum Gasteiger partial charge on any atom is -0.321 e. The van der Waals surface area contributed by atoms with E-state index in [0.717, 1.165) is 28.9 Å². The molecule has 1 aromatic rings. The summed E-state index contributed by atoms with van der Waals surface area (Å²) < 4.78 is 0.